The van der Waals surface area contributed by atoms with Crippen LogP contribution in [0.1, 0.15) is 10.4 Å². The minimum atomic E-state index is -1.69. The maximum atomic E-state index is 11.4. The third-order valence-electron chi connectivity index (χ3n) is 1.81. The number of carbonyl (C=O) groups is 2. The van der Waals surface area contributed by atoms with Crippen LogP contribution in [0.15, 0.2) is 23.3 Å². The standard InChI is InChI=1S/C9H10N2O5/c12-6-1-2-10-3-5(6)8(14)11-4-7(13)9(15)16/h1-3,7,13H,4H2,(H,10,12)(H,11,14)(H,15,16)/t7-/m0/s1. The van der Waals surface area contributed by atoms with Crippen LogP contribution in [0.2, 0.25) is 0 Å². The number of rotatable bonds is 4. The quantitative estimate of drug-likeness (QED) is 0.500. The van der Waals surface area contributed by atoms with Gasteiger partial charge in [0.05, 0.1) is 6.54 Å². The highest BCUT2D eigenvalue weighted by atomic mass is 16.4. The van der Waals surface area contributed by atoms with Gasteiger partial charge in [0.2, 0.25) is 0 Å². The second-order valence-corrected chi connectivity index (χ2v) is 2.99. The zero-order valence-corrected chi connectivity index (χ0v) is 8.14. The Morgan fingerprint density at radius 1 is 1.50 bits per heavy atom. The lowest BCUT2D eigenvalue weighted by Gasteiger charge is -2.06. The molecule has 1 atom stereocenters. The summed E-state index contributed by atoms with van der Waals surface area (Å²) in [4.78, 5) is 35.3. The summed E-state index contributed by atoms with van der Waals surface area (Å²) in [5, 5.41) is 19.4. The van der Waals surface area contributed by atoms with Crippen LogP contribution >= 0.6 is 0 Å². The molecule has 0 aliphatic rings. The second kappa shape index (κ2) is 5.08. The Hall–Kier alpha value is -2.15. The fraction of sp³-hybridized carbons (Fsp3) is 0.222. The SMILES string of the molecule is O=C(NC[C@H](O)C(=O)O)c1c[nH]ccc1=O. The number of H-pyrrole nitrogens is 1. The highest BCUT2D eigenvalue weighted by molar-refractivity contribution is 5.94. The molecule has 1 aromatic heterocycles. The van der Waals surface area contributed by atoms with Gasteiger partial charge in [-0.15, -0.1) is 0 Å². The van der Waals surface area contributed by atoms with Gasteiger partial charge in [0, 0.05) is 18.5 Å². The van der Waals surface area contributed by atoms with Gasteiger partial charge in [0.1, 0.15) is 5.56 Å². The van der Waals surface area contributed by atoms with Crippen molar-refractivity contribution in [3.05, 3.63) is 34.2 Å². The molecule has 0 unspecified atom stereocenters. The van der Waals surface area contributed by atoms with E-state index in [1.807, 2.05) is 0 Å². The van der Waals surface area contributed by atoms with Crippen LogP contribution in [-0.2, 0) is 4.79 Å². The number of nitrogens with one attached hydrogen (secondary N) is 2. The van der Waals surface area contributed by atoms with E-state index < -0.39 is 30.0 Å². The molecule has 0 spiro atoms. The molecule has 16 heavy (non-hydrogen) atoms. The van der Waals surface area contributed by atoms with Crippen molar-refractivity contribution in [1.29, 1.82) is 0 Å². The fourth-order valence-electron chi connectivity index (χ4n) is 0.966. The third kappa shape index (κ3) is 2.92. The molecule has 0 radical (unpaired) electrons. The van der Waals surface area contributed by atoms with Gasteiger partial charge in [-0.3, -0.25) is 9.59 Å². The summed E-state index contributed by atoms with van der Waals surface area (Å²) in [5.74, 6) is -2.18. The second-order valence-electron chi connectivity index (χ2n) is 2.99. The average molecular weight is 226 g/mol. The molecule has 1 rings (SSSR count). The predicted molar refractivity (Wildman–Crippen MR) is 53.0 cm³/mol. The van der Waals surface area contributed by atoms with Gasteiger partial charge in [-0.05, 0) is 0 Å². The number of aliphatic hydroxyl groups is 1. The first-order valence-corrected chi connectivity index (χ1v) is 4.38. The zero-order chi connectivity index (χ0) is 12.1. The molecule has 4 N–H and O–H groups in total. The molecule has 1 heterocycles. The highest BCUT2D eigenvalue weighted by Gasteiger charge is 2.15. The third-order valence-corrected chi connectivity index (χ3v) is 1.81. The van der Waals surface area contributed by atoms with Gasteiger partial charge in [-0.2, -0.15) is 0 Å². The molecule has 0 aromatic carbocycles. The van der Waals surface area contributed by atoms with E-state index in [0.717, 1.165) is 0 Å². The van der Waals surface area contributed by atoms with Crippen LogP contribution in [0, 0.1) is 0 Å². The number of aliphatic carboxylic acids is 1. The summed E-state index contributed by atoms with van der Waals surface area (Å²) in [5.41, 5.74) is -0.624. The number of pyridine rings is 1. The Morgan fingerprint density at radius 3 is 2.75 bits per heavy atom. The molecule has 0 aliphatic carbocycles. The van der Waals surface area contributed by atoms with Crippen molar-refractivity contribution in [2.75, 3.05) is 6.54 Å². The van der Waals surface area contributed by atoms with Crippen LogP contribution < -0.4 is 10.7 Å². The van der Waals surface area contributed by atoms with E-state index in [-0.39, 0.29) is 5.56 Å². The Morgan fingerprint density at radius 2 is 2.19 bits per heavy atom. The summed E-state index contributed by atoms with van der Waals surface area (Å²) in [7, 11) is 0. The topological polar surface area (TPSA) is 119 Å². The van der Waals surface area contributed by atoms with Crippen molar-refractivity contribution in [3.8, 4) is 0 Å². The molecule has 0 fully saturated rings. The number of aliphatic hydroxyl groups excluding tert-OH is 1. The number of aromatic nitrogens is 1. The number of carbonyl (C=O) groups excluding carboxylic acids is 1. The molecular weight excluding hydrogens is 216 g/mol. The van der Waals surface area contributed by atoms with Gasteiger partial charge >= 0.3 is 5.97 Å². The van der Waals surface area contributed by atoms with Crippen molar-refractivity contribution in [1.82, 2.24) is 10.3 Å². The minimum Gasteiger partial charge on any atom is -0.479 e. The van der Waals surface area contributed by atoms with Crippen molar-refractivity contribution in [3.63, 3.8) is 0 Å². The van der Waals surface area contributed by atoms with Gasteiger partial charge in [-0.1, -0.05) is 0 Å². The van der Waals surface area contributed by atoms with Gasteiger partial charge in [0.25, 0.3) is 5.91 Å². The molecular formula is C9H10N2O5. The van der Waals surface area contributed by atoms with Crippen LogP contribution in [0.3, 0.4) is 0 Å². The molecule has 7 nitrogen and oxygen atoms in total. The minimum absolute atomic E-state index is 0.139. The van der Waals surface area contributed by atoms with Crippen molar-refractivity contribution >= 4 is 11.9 Å². The maximum absolute atomic E-state index is 11.4. The lowest BCUT2D eigenvalue weighted by atomic mass is 10.2. The first-order chi connectivity index (χ1) is 7.52. The van der Waals surface area contributed by atoms with Crippen LogP contribution in [-0.4, -0.2) is 39.7 Å². The van der Waals surface area contributed by atoms with E-state index in [9.17, 15) is 14.4 Å². The zero-order valence-electron chi connectivity index (χ0n) is 8.14. The van der Waals surface area contributed by atoms with E-state index in [0.29, 0.717) is 0 Å². The molecule has 0 saturated heterocycles. The van der Waals surface area contributed by atoms with E-state index in [4.69, 9.17) is 10.2 Å². The number of amides is 1. The smallest absolute Gasteiger partial charge is 0.334 e. The molecule has 0 aliphatic heterocycles. The molecule has 1 amide bonds. The van der Waals surface area contributed by atoms with E-state index in [2.05, 4.69) is 10.3 Å². The summed E-state index contributed by atoms with van der Waals surface area (Å²) in [6.07, 6.45) is 0.877. The monoisotopic (exact) mass is 226 g/mol. The van der Waals surface area contributed by atoms with Crippen molar-refractivity contribution in [2.45, 2.75) is 6.10 Å². The summed E-state index contributed by atoms with van der Waals surface area (Å²) in [6.45, 7) is -0.456. The summed E-state index contributed by atoms with van der Waals surface area (Å²) >= 11 is 0. The molecule has 86 valence electrons. The number of carboxylic acids is 1. The van der Waals surface area contributed by atoms with E-state index in [1.165, 1.54) is 18.5 Å². The normalized spacial score (nSPS) is 11.8. The number of carboxylic acid groups (broad SMARTS) is 1. The van der Waals surface area contributed by atoms with Crippen molar-refractivity contribution in [2.24, 2.45) is 0 Å². The first-order valence-electron chi connectivity index (χ1n) is 4.38. The van der Waals surface area contributed by atoms with Gasteiger partial charge < -0.3 is 20.5 Å². The van der Waals surface area contributed by atoms with Crippen LogP contribution in [0.25, 0.3) is 0 Å². The van der Waals surface area contributed by atoms with E-state index in [1.54, 1.807) is 0 Å². The maximum Gasteiger partial charge on any atom is 0.334 e. The fourth-order valence-corrected chi connectivity index (χ4v) is 0.966. The largest absolute Gasteiger partial charge is 0.479 e. The van der Waals surface area contributed by atoms with Gasteiger partial charge in [0.15, 0.2) is 11.5 Å². The lowest BCUT2D eigenvalue weighted by Crippen LogP contribution is -2.38. The Labute approximate surface area is 89.7 Å². The van der Waals surface area contributed by atoms with Crippen LogP contribution in [0.4, 0.5) is 0 Å². The molecule has 0 saturated carbocycles. The predicted octanol–water partition coefficient (Wildman–Crippen LogP) is -1.45. The highest BCUT2D eigenvalue weighted by Crippen LogP contribution is 1.88. The Bertz CT molecular complexity index is 453. The Balaban J connectivity index is 2.64. The summed E-state index contributed by atoms with van der Waals surface area (Å²) < 4.78 is 0. The number of aromatic amines is 1. The van der Waals surface area contributed by atoms with Crippen molar-refractivity contribution < 1.29 is 19.8 Å². The summed E-state index contributed by atoms with van der Waals surface area (Å²) in [6, 6.07) is 1.17. The Kier molecular flexibility index (Phi) is 3.78. The molecule has 0 bridgehead atoms. The number of hydrogen-bond donors (Lipinski definition) is 4. The molecule has 7 heteroatoms. The lowest BCUT2D eigenvalue weighted by molar-refractivity contribution is -0.146. The number of hydrogen-bond acceptors (Lipinski definition) is 4. The van der Waals surface area contributed by atoms with Gasteiger partial charge in [-0.25, -0.2) is 4.79 Å². The molecule has 1 aromatic rings. The van der Waals surface area contributed by atoms with E-state index >= 15 is 0 Å². The van der Waals surface area contributed by atoms with Crippen LogP contribution in [0.5, 0.6) is 0 Å². The first kappa shape index (κ1) is 11.9. The average Bonchev–Trinajstić information content (AvgIpc) is 2.25.